The van der Waals surface area contributed by atoms with Crippen LogP contribution in [0.25, 0.3) is 0 Å². The van der Waals surface area contributed by atoms with Crippen LogP contribution in [0, 0.1) is 0 Å². The normalized spacial score (nSPS) is 14.4. The van der Waals surface area contributed by atoms with Crippen LogP contribution in [0.4, 0.5) is 0 Å². The summed E-state index contributed by atoms with van der Waals surface area (Å²) in [6.07, 6.45) is 4.96. The molecule has 2 aromatic rings. The molecule has 2 heterocycles. The molecule has 0 saturated carbocycles. The average molecular weight is 497 g/mol. The van der Waals surface area contributed by atoms with E-state index < -0.39 is 0 Å². The minimum Gasteiger partial charge on any atom is -0.352 e. The summed E-state index contributed by atoms with van der Waals surface area (Å²) in [7, 11) is 3.58. The molecule has 1 aliphatic rings. The summed E-state index contributed by atoms with van der Waals surface area (Å²) in [5, 5.41) is 10.5. The van der Waals surface area contributed by atoms with Crippen LogP contribution in [0.3, 0.4) is 0 Å². The van der Waals surface area contributed by atoms with Crippen LogP contribution >= 0.6 is 24.0 Å². The third kappa shape index (κ3) is 5.91. The Hall–Kier alpha value is -2.17. The van der Waals surface area contributed by atoms with Crippen LogP contribution < -0.4 is 10.6 Å². The van der Waals surface area contributed by atoms with Crippen molar-refractivity contribution < 1.29 is 4.79 Å². The Labute approximate surface area is 182 Å². The number of carbonyl (C=O) groups is 1. The summed E-state index contributed by atoms with van der Waals surface area (Å²) in [4.78, 5) is 22.9. The van der Waals surface area contributed by atoms with E-state index in [9.17, 15) is 4.79 Å². The van der Waals surface area contributed by atoms with Crippen molar-refractivity contribution in [2.24, 2.45) is 12.0 Å². The lowest BCUT2D eigenvalue weighted by Crippen LogP contribution is -2.37. The second-order valence-corrected chi connectivity index (χ2v) is 6.63. The molecule has 1 amide bonds. The monoisotopic (exact) mass is 497 g/mol. The van der Waals surface area contributed by atoms with E-state index in [0.29, 0.717) is 19.0 Å². The largest absolute Gasteiger partial charge is 0.352 e. The highest BCUT2D eigenvalue weighted by Gasteiger charge is 2.17. The minimum atomic E-state index is 0. The summed E-state index contributed by atoms with van der Waals surface area (Å²) >= 11 is 0. The molecular weight excluding hydrogens is 469 g/mol. The molecule has 0 atom stereocenters. The van der Waals surface area contributed by atoms with Crippen LogP contribution in [0.1, 0.15) is 41.0 Å². The molecule has 1 aromatic heterocycles. The topological polar surface area (TPSA) is 87.4 Å². The van der Waals surface area contributed by atoms with Gasteiger partial charge in [-0.25, -0.2) is 4.98 Å². The SMILES string of the molecule is CN=C(NCc1ccc(C(=O)N2CCCCC2)cc1)NCc1ncnn1C.I. The second-order valence-electron chi connectivity index (χ2n) is 6.63. The van der Waals surface area contributed by atoms with Gasteiger partial charge < -0.3 is 15.5 Å². The number of amides is 1. The lowest BCUT2D eigenvalue weighted by atomic mass is 10.1. The molecule has 0 aliphatic carbocycles. The van der Waals surface area contributed by atoms with Crippen LogP contribution in [0.5, 0.6) is 0 Å². The number of benzene rings is 1. The van der Waals surface area contributed by atoms with Crippen molar-refractivity contribution in [3.63, 3.8) is 0 Å². The summed E-state index contributed by atoms with van der Waals surface area (Å²) in [6.45, 7) is 2.90. The third-order valence-electron chi connectivity index (χ3n) is 4.75. The summed E-state index contributed by atoms with van der Waals surface area (Å²) < 4.78 is 1.72. The van der Waals surface area contributed by atoms with E-state index in [1.807, 2.05) is 36.2 Å². The molecule has 3 rings (SSSR count). The number of aromatic nitrogens is 3. The average Bonchev–Trinajstić information content (AvgIpc) is 3.13. The first-order valence-electron chi connectivity index (χ1n) is 9.33. The number of hydrogen-bond donors (Lipinski definition) is 2. The van der Waals surface area contributed by atoms with E-state index in [0.717, 1.165) is 42.9 Å². The fourth-order valence-corrected chi connectivity index (χ4v) is 3.09. The highest BCUT2D eigenvalue weighted by atomic mass is 127. The van der Waals surface area contributed by atoms with Crippen LogP contribution in [0.15, 0.2) is 35.6 Å². The van der Waals surface area contributed by atoms with Gasteiger partial charge in [0.05, 0.1) is 6.54 Å². The zero-order valence-corrected chi connectivity index (χ0v) is 18.7. The Morgan fingerprint density at radius 1 is 1.11 bits per heavy atom. The van der Waals surface area contributed by atoms with Gasteiger partial charge in [-0.3, -0.25) is 14.5 Å². The number of carbonyl (C=O) groups excluding carboxylic acids is 1. The number of piperidine rings is 1. The Bertz CT molecular complexity index is 782. The molecule has 0 bridgehead atoms. The van der Waals surface area contributed by atoms with E-state index >= 15 is 0 Å². The van der Waals surface area contributed by atoms with E-state index in [-0.39, 0.29) is 29.9 Å². The molecule has 152 valence electrons. The van der Waals surface area contributed by atoms with Crippen molar-refractivity contribution in [3.8, 4) is 0 Å². The number of likely N-dealkylation sites (tertiary alicyclic amines) is 1. The maximum absolute atomic E-state index is 12.5. The zero-order chi connectivity index (χ0) is 19.1. The number of guanidine groups is 1. The van der Waals surface area contributed by atoms with Gasteiger partial charge in [0.15, 0.2) is 5.96 Å². The van der Waals surface area contributed by atoms with Crippen LogP contribution in [-0.2, 0) is 20.1 Å². The minimum absolute atomic E-state index is 0. The predicted molar refractivity (Wildman–Crippen MR) is 120 cm³/mol. The van der Waals surface area contributed by atoms with Gasteiger partial charge in [0.25, 0.3) is 5.91 Å². The van der Waals surface area contributed by atoms with Gasteiger partial charge in [-0.15, -0.1) is 24.0 Å². The molecule has 1 fully saturated rings. The Kier molecular flexibility index (Phi) is 8.68. The van der Waals surface area contributed by atoms with E-state index in [1.54, 1.807) is 11.7 Å². The number of aliphatic imine (C=N–C) groups is 1. The first-order chi connectivity index (χ1) is 13.2. The molecule has 0 spiro atoms. The van der Waals surface area contributed by atoms with Gasteiger partial charge >= 0.3 is 0 Å². The Morgan fingerprint density at radius 3 is 2.39 bits per heavy atom. The number of nitrogens with zero attached hydrogens (tertiary/aromatic N) is 5. The molecule has 1 saturated heterocycles. The van der Waals surface area contributed by atoms with Crippen molar-refractivity contribution in [1.29, 1.82) is 0 Å². The molecule has 1 aliphatic heterocycles. The van der Waals surface area contributed by atoms with Crippen molar-refractivity contribution >= 4 is 35.8 Å². The van der Waals surface area contributed by atoms with E-state index in [4.69, 9.17) is 0 Å². The molecule has 8 nitrogen and oxygen atoms in total. The predicted octanol–water partition coefficient (Wildman–Crippen LogP) is 1.92. The first kappa shape index (κ1) is 22.1. The first-order valence-corrected chi connectivity index (χ1v) is 9.33. The van der Waals surface area contributed by atoms with Gasteiger partial charge in [0, 0.05) is 39.3 Å². The smallest absolute Gasteiger partial charge is 0.253 e. The number of aryl methyl sites for hydroxylation is 1. The van der Waals surface area contributed by atoms with E-state index in [2.05, 4.69) is 25.7 Å². The van der Waals surface area contributed by atoms with Crippen LogP contribution in [0.2, 0.25) is 0 Å². The fourth-order valence-electron chi connectivity index (χ4n) is 3.09. The van der Waals surface area contributed by atoms with Crippen molar-refractivity contribution in [3.05, 3.63) is 47.5 Å². The molecule has 1 aromatic carbocycles. The van der Waals surface area contributed by atoms with Gasteiger partial charge in [-0.05, 0) is 37.0 Å². The van der Waals surface area contributed by atoms with Crippen molar-refractivity contribution in [2.45, 2.75) is 32.4 Å². The number of halogens is 1. The zero-order valence-electron chi connectivity index (χ0n) is 16.4. The molecule has 0 unspecified atom stereocenters. The van der Waals surface area contributed by atoms with Crippen LogP contribution in [-0.4, -0.2) is 51.7 Å². The second kappa shape index (κ2) is 11.0. The summed E-state index contributed by atoms with van der Waals surface area (Å²) in [6, 6.07) is 7.79. The lowest BCUT2D eigenvalue weighted by molar-refractivity contribution is 0.0724. The van der Waals surface area contributed by atoms with Crippen molar-refractivity contribution in [1.82, 2.24) is 30.3 Å². The van der Waals surface area contributed by atoms with Crippen molar-refractivity contribution in [2.75, 3.05) is 20.1 Å². The number of hydrogen-bond acceptors (Lipinski definition) is 4. The molecular formula is C19H28IN7O. The van der Waals surface area contributed by atoms with Gasteiger partial charge in [0.1, 0.15) is 12.2 Å². The molecule has 28 heavy (non-hydrogen) atoms. The van der Waals surface area contributed by atoms with Gasteiger partial charge in [-0.2, -0.15) is 5.10 Å². The molecule has 9 heteroatoms. The van der Waals surface area contributed by atoms with Gasteiger partial charge in [-0.1, -0.05) is 12.1 Å². The fraction of sp³-hybridized carbons (Fsp3) is 0.474. The quantitative estimate of drug-likeness (QED) is 0.375. The molecule has 0 radical (unpaired) electrons. The standard InChI is InChI=1S/C19H27N7O.HI/c1-20-19(22-13-17-23-14-24-25(17)2)21-12-15-6-8-16(9-7-15)18(27)26-10-4-3-5-11-26;/h6-9,14H,3-5,10-13H2,1-2H3,(H2,20,21,22);1H. The maximum Gasteiger partial charge on any atom is 0.253 e. The summed E-state index contributed by atoms with van der Waals surface area (Å²) in [5.41, 5.74) is 1.84. The summed E-state index contributed by atoms with van der Waals surface area (Å²) in [5.74, 6) is 1.65. The highest BCUT2D eigenvalue weighted by molar-refractivity contribution is 14.0. The third-order valence-corrected chi connectivity index (χ3v) is 4.75. The number of rotatable bonds is 5. The Balaban J connectivity index is 0.00000280. The number of nitrogens with one attached hydrogen (secondary N) is 2. The van der Waals surface area contributed by atoms with Gasteiger partial charge in [0.2, 0.25) is 0 Å². The highest BCUT2D eigenvalue weighted by Crippen LogP contribution is 2.13. The molecule has 2 N–H and O–H groups in total. The van der Waals surface area contributed by atoms with E-state index in [1.165, 1.54) is 12.7 Å². The maximum atomic E-state index is 12.5. The lowest BCUT2D eigenvalue weighted by Gasteiger charge is -2.26. The Morgan fingerprint density at radius 2 is 1.79 bits per heavy atom.